The number of nitrogens with zero attached hydrogens (tertiary/aromatic N) is 2. The molecule has 0 aliphatic rings. The summed E-state index contributed by atoms with van der Waals surface area (Å²) in [6.45, 7) is 6.08. The molecular formula is C15H23N3O5S2. The van der Waals surface area contributed by atoms with Crippen molar-refractivity contribution in [1.29, 1.82) is 0 Å². The summed E-state index contributed by atoms with van der Waals surface area (Å²) in [5.74, 6) is -1.02. The van der Waals surface area contributed by atoms with Gasteiger partial charge in [0.15, 0.2) is 4.34 Å². The Morgan fingerprint density at radius 2 is 1.84 bits per heavy atom. The standard InChI is InChI=1S/C15H23N3O5S2/c1-4-7-10(13(21)23-6-3)24-15-18-17-14(25-15)16-11(19)8-9-12(20)22-5-2/h10H,4-9H2,1-3H3,(H,16,17,19)/t10-/m0/s1. The number of anilines is 1. The van der Waals surface area contributed by atoms with E-state index in [2.05, 4.69) is 15.5 Å². The summed E-state index contributed by atoms with van der Waals surface area (Å²) in [5.41, 5.74) is 0. The van der Waals surface area contributed by atoms with Crippen LogP contribution in [0.2, 0.25) is 0 Å². The van der Waals surface area contributed by atoms with Crippen molar-refractivity contribution in [3.8, 4) is 0 Å². The van der Waals surface area contributed by atoms with Crippen molar-refractivity contribution >= 4 is 46.1 Å². The Bertz CT molecular complexity index is 579. The van der Waals surface area contributed by atoms with E-state index in [-0.39, 0.29) is 36.6 Å². The van der Waals surface area contributed by atoms with Gasteiger partial charge in [0.05, 0.1) is 19.6 Å². The maximum Gasteiger partial charge on any atom is 0.319 e. The fourth-order valence-electron chi connectivity index (χ4n) is 1.78. The van der Waals surface area contributed by atoms with Gasteiger partial charge in [-0.3, -0.25) is 14.4 Å². The van der Waals surface area contributed by atoms with Crippen molar-refractivity contribution in [1.82, 2.24) is 10.2 Å². The third kappa shape index (κ3) is 8.30. The Hall–Kier alpha value is -1.68. The van der Waals surface area contributed by atoms with E-state index in [1.54, 1.807) is 13.8 Å². The Kier molecular flexibility index (Phi) is 10.1. The van der Waals surface area contributed by atoms with Crippen LogP contribution in [0.25, 0.3) is 0 Å². The van der Waals surface area contributed by atoms with Gasteiger partial charge in [0.1, 0.15) is 5.25 Å². The highest BCUT2D eigenvalue weighted by molar-refractivity contribution is 8.02. The van der Waals surface area contributed by atoms with Gasteiger partial charge in [-0.1, -0.05) is 36.4 Å². The topological polar surface area (TPSA) is 107 Å². The Balaban J connectivity index is 2.52. The summed E-state index contributed by atoms with van der Waals surface area (Å²) in [5, 5.41) is 10.4. The van der Waals surface area contributed by atoms with Gasteiger partial charge < -0.3 is 14.8 Å². The number of aromatic nitrogens is 2. The van der Waals surface area contributed by atoms with Gasteiger partial charge in [0.25, 0.3) is 0 Å². The molecule has 0 spiro atoms. The summed E-state index contributed by atoms with van der Waals surface area (Å²) < 4.78 is 10.4. The summed E-state index contributed by atoms with van der Waals surface area (Å²) in [4.78, 5) is 34.9. The fourth-order valence-corrected chi connectivity index (χ4v) is 3.90. The van der Waals surface area contributed by atoms with Gasteiger partial charge in [-0.05, 0) is 20.3 Å². The molecule has 1 atom stereocenters. The highest BCUT2D eigenvalue weighted by Gasteiger charge is 2.22. The first kappa shape index (κ1) is 21.4. The minimum absolute atomic E-state index is 0.0154. The van der Waals surface area contributed by atoms with Crippen LogP contribution in [0.3, 0.4) is 0 Å². The summed E-state index contributed by atoms with van der Waals surface area (Å²) >= 11 is 2.46. The van der Waals surface area contributed by atoms with Gasteiger partial charge in [-0.25, -0.2) is 0 Å². The number of carbonyl (C=O) groups is 3. The van der Waals surface area contributed by atoms with Crippen molar-refractivity contribution in [2.24, 2.45) is 0 Å². The van der Waals surface area contributed by atoms with Crippen LogP contribution in [0.15, 0.2) is 4.34 Å². The highest BCUT2D eigenvalue weighted by atomic mass is 32.2. The van der Waals surface area contributed by atoms with E-state index in [9.17, 15) is 14.4 Å². The van der Waals surface area contributed by atoms with Crippen LogP contribution in [0.4, 0.5) is 5.13 Å². The number of hydrogen-bond acceptors (Lipinski definition) is 9. The maximum atomic E-state index is 11.9. The van der Waals surface area contributed by atoms with Crippen molar-refractivity contribution in [3.63, 3.8) is 0 Å². The van der Waals surface area contributed by atoms with Gasteiger partial charge in [-0.15, -0.1) is 10.2 Å². The normalized spacial score (nSPS) is 11.6. The molecule has 8 nitrogen and oxygen atoms in total. The minimum atomic E-state index is -0.414. The van der Waals surface area contributed by atoms with Crippen molar-refractivity contribution in [3.05, 3.63) is 0 Å². The van der Waals surface area contributed by atoms with E-state index in [1.165, 1.54) is 23.1 Å². The van der Waals surface area contributed by atoms with Gasteiger partial charge in [0, 0.05) is 6.42 Å². The van der Waals surface area contributed by atoms with Gasteiger partial charge >= 0.3 is 11.9 Å². The number of thioether (sulfide) groups is 1. The van der Waals surface area contributed by atoms with Crippen LogP contribution in [0.1, 0.15) is 46.5 Å². The summed E-state index contributed by atoms with van der Waals surface area (Å²) in [6, 6.07) is 0. The predicted octanol–water partition coefficient (Wildman–Crippen LogP) is 2.64. The monoisotopic (exact) mass is 389 g/mol. The van der Waals surface area contributed by atoms with Crippen LogP contribution in [-0.4, -0.2) is 46.5 Å². The van der Waals surface area contributed by atoms with E-state index in [1.807, 2.05) is 6.92 Å². The molecule has 1 heterocycles. The van der Waals surface area contributed by atoms with Crippen LogP contribution in [0, 0.1) is 0 Å². The molecule has 1 aromatic rings. The van der Waals surface area contributed by atoms with Crippen LogP contribution in [0.5, 0.6) is 0 Å². The lowest BCUT2D eigenvalue weighted by atomic mass is 10.2. The molecule has 1 N–H and O–H groups in total. The molecule has 0 bridgehead atoms. The molecule has 1 rings (SSSR count). The Morgan fingerprint density at radius 3 is 2.48 bits per heavy atom. The molecule has 1 aromatic heterocycles. The fraction of sp³-hybridized carbons (Fsp3) is 0.667. The Morgan fingerprint density at radius 1 is 1.12 bits per heavy atom. The summed E-state index contributed by atoms with van der Waals surface area (Å²) in [7, 11) is 0. The predicted molar refractivity (Wildman–Crippen MR) is 95.6 cm³/mol. The number of nitrogens with one attached hydrogen (secondary N) is 1. The average molecular weight is 389 g/mol. The van der Waals surface area contributed by atoms with Crippen LogP contribution >= 0.6 is 23.1 Å². The lowest BCUT2D eigenvalue weighted by Gasteiger charge is -2.11. The molecule has 0 aliphatic heterocycles. The van der Waals surface area contributed by atoms with E-state index in [4.69, 9.17) is 9.47 Å². The average Bonchev–Trinajstić information content (AvgIpc) is 3.00. The van der Waals surface area contributed by atoms with Crippen molar-refractivity contribution in [2.45, 2.75) is 56.0 Å². The number of hydrogen-bond donors (Lipinski definition) is 1. The molecule has 0 saturated carbocycles. The second-order valence-corrected chi connectivity index (χ2v) is 7.30. The van der Waals surface area contributed by atoms with Crippen molar-refractivity contribution < 1.29 is 23.9 Å². The second kappa shape index (κ2) is 11.8. The lowest BCUT2D eigenvalue weighted by molar-refractivity contribution is -0.144. The van der Waals surface area contributed by atoms with Crippen LogP contribution < -0.4 is 5.32 Å². The second-order valence-electron chi connectivity index (χ2n) is 4.87. The molecule has 0 radical (unpaired) electrons. The number of esters is 2. The SMILES string of the molecule is CCC[C@H](Sc1nnc(NC(=O)CCC(=O)OCC)s1)C(=O)OCC. The first-order valence-electron chi connectivity index (χ1n) is 8.12. The third-order valence-corrected chi connectivity index (χ3v) is 5.03. The molecule has 0 aromatic carbocycles. The van der Waals surface area contributed by atoms with E-state index in [0.29, 0.717) is 22.5 Å². The Labute approximate surface area is 155 Å². The van der Waals surface area contributed by atoms with Crippen LogP contribution in [-0.2, 0) is 23.9 Å². The molecule has 0 fully saturated rings. The molecular weight excluding hydrogens is 366 g/mol. The molecule has 10 heteroatoms. The first-order chi connectivity index (χ1) is 12.0. The minimum Gasteiger partial charge on any atom is -0.466 e. The number of rotatable bonds is 11. The quantitative estimate of drug-likeness (QED) is 0.350. The molecule has 0 saturated heterocycles. The van der Waals surface area contributed by atoms with E-state index < -0.39 is 5.97 Å². The zero-order valence-corrected chi connectivity index (χ0v) is 16.2. The van der Waals surface area contributed by atoms with E-state index in [0.717, 1.165) is 6.42 Å². The zero-order valence-electron chi connectivity index (χ0n) is 14.6. The smallest absolute Gasteiger partial charge is 0.319 e. The molecule has 0 aliphatic carbocycles. The first-order valence-corrected chi connectivity index (χ1v) is 9.81. The third-order valence-electron chi connectivity index (χ3n) is 2.86. The zero-order chi connectivity index (χ0) is 18.7. The maximum absolute atomic E-state index is 11.9. The molecule has 140 valence electrons. The highest BCUT2D eigenvalue weighted by Crippen LogP contribution is 2.31. The number of carbonyl (C=O) groups excluding carboxylic acids is 3. The van der Waals surface area contributed by atoms with Crippen molar-refractivity contribution in [2.75, 3.05) is 18.5 Å². The molecule has 25 heavy (non-hydrogen) atoms. The molecule has 1 amide bonds. The lowest BCUT2D eigenvalue weighted by Crippen LogP contribution is -2.20. The summed E-state index contributed by atoms with van der Waals surface area (Å²) in [6.07, 6.45) is 1.54. The largest absolute Gasteiger partial charge is 0.466 e. The molecule has 0 unspecified atom stereocenters. The van der Waals surface area contributed by atoms with E-state index >= 15 is 0 Å². The van der Waals surface area contributed by atoms with Gasteiger partial charge in [-0.2, -0.15) is 0 Å². The van der Waals surface area contributed by atoms with Gasteiger partial charge in [0.2, 0.25) is 11.0 Å². The number of amides is 1. The number of ether oxygens (including phenoxy) is 2.